The molecule has 2 heterocycles. The van der Waals surface area contributed by atoms with E-state index < -0.39 is 0 Å². The fraction of sp³-hybridized carbons (Fsp3) is 0.562. The molecule has 0 spiro atoms. The van der Waals surface area contributed by atoms with Crippen LogP contribution in [0.2, 0.25) is 0 Å². The molecule has 1 atom stereocenters. The first-order chi connectivity index (χ1) is 9.74. The molecule has 2 aromatic rings. The summed E-state index contributed by atoms with van der Waals surface area (Å²) in [4.78, 5) is 2.44. The third-order valence-corrected chi connectivity index (χ3v) is 4.28. The van der Waals surface area contributed by atoms with E-state index in [2.05, 4.69) is 46.6 Å². The van der Waals surface area contributed by atoms with Gasteiger partial charge in [0.05, 0.1) is 11.2 Å². The molecule has 108 valence electrons. The summed E-state index contributed by atoms with van der Waals surface area (Å²) in [5.74, 6) is 0.781. The van der Waals surface area contributed by atoms with Gasteiger partial charge in [0.15, 0.2) is 0 Å². The maximum atomic E-state index is 4.63. The van der Waals surface area contributed by atoms with Crippen LogP contribution in [-0.4, -0.2) is 41.4 Å². The highest BCUT2D eigenvalue weighted by Crippen LogP contribution is 2.18. The number of likely N-dealkylation sites (tertiary alicyclic amines) is 1. The molecule has 0 amide bonds. The second-order valence-corrected chi connectivity index (χ2v) is 5.99. The Labute approximate surface area is 120 Å². The lowest BCUT2D eigenvalue weighted by atomic mass is 9.98. The predicted octanol–water partition coefficient (Wildman–Crippen LogP) is 2.00. The van der Waals surface area contributed by atoms with E-state index in [1.165, 1.54) is 36.8 Å². The molecule has 0 radical (unpaired) electrons. The molecule has 1 unspecified atom stereocenters. The largest absolute Gasteiger partial charge is 0.311 e. The van der Waals surface area contributed by atoms with Gasteiger partial charge in [-0.05, 0) is 45.0 Å². The van der Waals surface area contributed by atoms with Crippen molar-refractivity contribution in [3.8, 4) is 0 Å². The fourth-order valence-electron chi connectivity index (χ4n) is 3.25. The average molecular weight is 272 g/mol. The Morgan fingerprint density at radius 3 is 3.00 bits per heavy atom. The number of piperidine rings is 1. The molecule has 4 heteroatoms. The lowest BCUT2D eigenvalue weighted by molar-refractivity contribution is 0.206. The molecule has 0 aliphatic carbocycles. The molecule has 0 bridgehead atoms. The van der Waals surface area contributed by atoms with Gasteiger partial charge in [-0.3, -0.25) is 4.68 Å². The molecule has 1 N–H and O–H groups in total. The van der Waals surface area contributed by atoms with Crippen LogP contribution in [0.25, 0.3) is 10.9 Å². The zero-order chi connectivity index (χ0) is 13.9. The van der Waals surface area contributed by atoms with E-state index in [4.69, 9.17) is 0 Å². The molecular formula is C16H24N4. The highest BCUT2D eigenvalue weighted by atomic mass is 15.3. The quantitative estimate of drug-likeness (QED) is 0.924. The second-order valence-electron chi connectivity index (χ2n) is 5.99. The maximum absolute atomic E-state index is 4.63. The Bertz CT molecular complexity index is 575. The smallest absolute Gasteiger partial charge is 0.0841 e. The maximum Gasteiger partial charge on any atom is 0.0841 e. The second kappa shape index (κ2) is 5.94. The summed E-state index contributed by atoms with van der Waals surface area (Å²) in [7, 11) is 4.24. The Hall–Kier alpha value is -1.39. The van der Waals surface area contributed by atoms with E-state index >= 15 is 0 Å². The number of para-hydroxylation sites is 1. The van der Waals surface area contributed by atoms with Crippen molar-refractivity contribution in [2.75, 3.05) is 26.7 Å². The Kier molecular flexibility index (Phi) is 4.03. The van der Waals surface area contributed by atoms with Crippen LogP contribution in [-0.2, 0) is 13.6 Å². The molecule has 3 rings (SSSR count). The zero-order valence-electron chi connectivity index (χ0n) is 12.5. The van der Waals surface area contributed by atoms with Crippen molar-refractivity contribution in [1.29, 1.82) is 0 Å². The normalized spacial score (nSPS) is 20.6. The summed E-state index contributed by atoms with van der Waals surface area (Å²) in [5.41, 5.74) is 2.37. The van der Waals surface area contributed by atoms with Gasteiger partial charge in [-0.1, -0.05) is 18.2 Å². The van der Waals surface area contributed by atoms with E-state index in [9.17, 15) is 0 Å². The van der Waals surface area contributed by atoms with Crippen molar-refractivity contribution >= 4 is 10.9 Å². The van der Waals surface area contributed by atoms with Crippen molar-refractivity contribution in [3.05, 3.63) is 30.0 Å². The Morgan fingerprint density at radius 2 is 2.15 bits per heavy atom. The molecule has 1 aliphatic rings. The summed E-state index contributed by atoms with van der Waals surface area (Å²) in [6.07, 6.45) is 2.68. The van der Waals surface area contributed by atoms with Gasteiger partial charge in [-0.25, -0.2) is 0 Å². The van der Waals surface area contributed by atoms with Gasteiger partial charge in [0, 0.05) is 25.5 Å². The standard InChI is InChI=1S/C16H24N4/c1-19-9-5-6-13(12-19)10-17-11-15-14-7-3-4-8-16(14)20(2)18-15/h3-4,7-8,13,17H,5-6,9-12H2,1-2H3. The highest BCUT2D eigenvalue weighted by molar-refractivity contribution is 5.81. The summed E-state index contributed by atoms with van der Waals surface area (Å²) < 4.78 is 1.97. The van der Waals surface area contributed by atoms with Gasteiger partial charge in [-0.2, -0.15) is 5.10 Å². The van der Waals surface area contributed by atoms with Gasteiger partial charge in [0.1, 0.15) is 0 Å². The van der Waals surface area contributed by atoms with Gasteiger partial charge >= 0.3 is 0 Å². The number of aryl methyl sites for hydroxylation is 1. The lowest BCUT2D eigenvalue weighted by Gasteiger charge is -2.29. The number of nitrogens with one attached hydrogen (secondary N) is 1. The Balaban J connectivity index is 1.60. The monoisotopic (exact) mass is 272 g/mol. The van der Waals surface area contributed by atoms with Crippen LogP contribution in [0.4, 0.5) is 0 Å². The van der Waals surface area contributed by atoms with Crippen LogP contribution in [0.5, 0.6) is 0 Å². The molecule has 0 saturated carbocycles. The topological polar surface area (TPSA) is 33.1 Å². The minimum Gasteiger partial charge on any atom is -0.311 e. The molecule has 1 aliphatic heterocycles. The number of nitrogens with zero attached hydrogens (tertiary/aromatic N) is 3. The van der Waals surface area contributed by atoms with Gasteiger partial charge in [0.25, 0.3) is 0 Å². The number of fused-ring (bicyclic) bond motifs is 1. The van der Waals surface area contributed by atoms with Gasteiger partial charge in [0.2, 0.25) is 0 Å². The molecule has 20 heavy (non-hydrogen) atoms. The van der Waals surface area contributed by atoms with Crippen LogP contribution >= 0.6 is 0 Å². The van der Waals surface area contributed by atoms with Crippen molar-refractivity contribution < 1.29 is 0 Å². The molecule has 1 saturated heterocycles. The Morgan fingerprint density at radius 1 is 1.30 bits per heavy atom. The first-order valence-corrected chi connectivity index (χ1v) is 7.54. The van der Waals surface area contributed by atoms with E-state index in [1.54, 1.807) is 0 Å². The summed E-state index contributed by atoms with van der Waals surface area (Å²) in [5, 5.41) is 9.49. The van der Waals surface area contributed by atoms with Crippen LogP contribution < -0.4 is 5.32 Å². The summed E-state index contributed by atoms with van der Waals surface area (Å²) in [6.45, 7) is 4.42. The number of hydrogen-bond donors (Lipinski definition) is 1. The van der Waals surface area contributed by atoms with Crippen molar-refractivity contribution in [3.63, 3.8) is 0 Å². The van der Waals surface area contributed by atoms with E-state index in [0.717, 1.165) is 24.7 Å². The molecule has 1 fully saturated rings. The van der Waals surface area contributed by atoms with E-state index in [1.807, 2.05) is 11.7 Å². The number of aromatic nitrogens is 2. The van der Waals surface area contributed by atoms with Crippen LogP contribution in [0.15, 0.2) is 24.3 Å². The van der Waals surface area contributed by atoms with Gasteiger partial charge in [-0.15, -0.1) is 0 Å². The highest BCUT2D eigenvalue weighted by Gasteiger charge is 2.17. The molecular weight excluding hydrogens is 248 g/mol. The zero-order valence-corrected chi connectivity index (χ0v) is 12.5. The summed E-state index contributed by atoms with van der Waals surface area (Å²) >= 11 is 0. The predicted molar refractivity (Wildman–Crippen MR) is 82.6 cm³/mol. The van der Waals surface area contributed by atoms with Crippen molar-refractivity contribution in [1.82, 2.24) is 20.0 Å². The molecule has 1 aromatic heterocycles. The van der Waals surface area contributed by atoms with Gasteiger partial charge < -0.3 is 10.2 Å². The van der Waals surface area contributed by atoms with Crippen LogP contribution in [0, 0.1) is 5.92 Å². The number of benzene rings is 1. The minimum absolute atomic E-state index is 0.781. The minimum atomic E-state index is 0.781. The third-order valence-electron chi connectivity index (χ3n) is 4.28. The average Bonchev–Trinajstić information content (AvgIpc) is 2.77. The SMILES string of the molecule is CN1CCCC(CNCc2nn(C)c3ccccc23)C1. The van der Waals surface area contributed by atoms with E-state index in [-0.39, 0.29) is 0 Å². The lowest BCUT2D eigenvalue weighted by Crippen LogP contribution is -2.37. The first-order valence-electron chi connectivity index (χ1n) is 7.54. The van der Waals surface area contributed by atoms with Crippen molar-refractivity contribution in [2.24, 2.45) is 13.0 Å². The van der Waals surface area contributed by atoms with Crippen LogP contribution in [0.1, 0.15) is 18.5 Å². The summed E-state index contributed by atoms with van der Waals surface area (Å²) in [6, 6.07) is 8.44. The fourth-order valence-corrected chi connectivity index (χ4v) is 3.25. The number of rotatable bonds is 4. The molecule has 1 aromatic carbocycles. The third kappa shape index (κ3) is 2.86. The first kappa shape index (κ1) is 13.6. The van der Waals surface area contributed by atoms with Crippen molar-refractivity contribution in [2.45, 2.75) is 19.4 Å². The van der Waals surface area contributed by atoms with Crippen LogP contribution in [0.3, 0.4) is 0 Å². The molecule has 4 nitrogen and oxygen atoms in total. The van der Waals surface area contributed by atoms with E-state index in [0.29, 0.717) is 0 Å². The number of hydrogen-bond acceptors (Lipinski definition) is 3.